The van der Waals surface area contributed by atoms with Crippen LogP contribution in [0, 0.1) is 6.92 Å². The third-order valence-corrected chi connectivity index (χ3v) is 2.43. The Morgan fingerprint density at radius 1 is 1.24 bits per heavy atom. The van der Waals surface area contributed by atoms with E-state index < -0.39 is 0 Å². The molecule has 1 heterocycles. The van der Waals surface area contributed by atoms with Crippen LogP contribution in [0.2, 0.25) is 0 Å². The fourth-order valence-corrected chi connectivity index (χ4v) is 1.71. The summed E-state index contributed by atoms with van der Waals surface area (Å²) in [6.45, 7) is 5.61. The molecule has 0 amide bonds. The molecule has 0 radical (unpaired) electrons. The molecule has 0 aliphatic rings. The lowest BCUT2D eigenvalue weighted by atomic mass is 10.1. The number of pyridine rings is 1. The van der Waals surface area contributed by atoms with Gasteiger partial charge in [0.05, 0.1) is 17.2 Å². The van der Waals surface area contributed by atoms with E-state index >= 15 is 0 Å². The summed E-state index contributed by atoms with van der Waals surface area (Å²) < 4.78 is 5.21. The van der Waals surface area contributed by atoms with E-state index in [4.69, 9.17) is 4.74 Å². The summed E-state index contributed by atoms with van der Waals surface area (Å²) in [4.78, 5) is 16.3. The van der Waals surface area contributed by atoms with Gasteiger partial charge in [-0.3, -0.25) is 4.98 Å². The minimum atomic E-state index is -0.295. The molecular weight excluding hydrogens is 214 g/mol. The summed E-state index contributed by atoms with van der Waals surface area (Å²) in [5, 5.41) is 0.837. The van der Waals surface area contributed by atoms with Crippen molar-refractivity contribution in [3.05, 3.63) is 41.6 Å². The van der Waals surface area contributed by atoms with E-state index in [1.807, 2.05) is 45.0 Å². The zero-order valence-electron chi connectivity index (χ0n) is 10.2. The third-order valence-electron chi connectivity index (χ3n) is 2.43. The van der Waals surface area contributed by atoms with Crippen LogP contribution >= 0.6 is 0 Å². The maximum atomic E-state index is 11.9. The van der Waals surface area contributed by atoms with Crippen LogP contribution in [-0.4, -0.2) is 17.1 Å². The molecule has 88 valence electrons. The Morgan fingerprint density at radius 3 is 2.71 bits per heavy atom. The number of carbonyl (C=O) groups is 1. The smallest absolute Gasteiger partial charge is 0.339 e. The first-order valence-corrected chi connectivity index (χ1v) is 5.65. The van der Waals surface area contributed by atoms with Gasteiger partial charge in [0, 0.05) is 11.1 Å². The number of hydrogen-bond acceptors (Lipinski definition) is 3. The molecule has 1 aromatic heterocycles. The van der Waals surface area contributed by atoms with Crippen molar-refractivity contribution in [1.82, 2.24) is 4.98 Å². The van der Waals surface area contributed by atoms with Crippen LogP contribution in [0.3, 0.4) is 0 Å². The van der Waals surface area contributed by atoms with Crippen molar-refractivity contribution in [3.63, 3.8) is 0 Å². The topological polar surface area (TPSA) is 39.2 Å². The molecule has 0 saturated heterocycles. The molecule has 0 bridgehead atoms. The van der Waals surface area contributed by atoms with Crippen LogP contribution in [0.25, 0.3) is 10.9 Å². The van der Waals surface area contributed by atoms with E-state index in [1.165, 1.54) is 0 Å². The van der Waals surface area contributed by atoms with Gasteiger partial charge in [-0.2, -0.15) is 0 Å². The maximum absolute atomic E-state index is 11.9. The number of esters is 1. The number of nitrogens with zero attached hydrogens (tertiary/aromatic N) is 1. The highest BCUT2D eigenvalue weighted by Crippen LogP contribution is 2.18. The van der Waals surface area contributed by atoms with E-state index in [0.29, 0.717) is 5.56 Å². The van der Waals surface area contributed by atoms with E-state index in [9.17, 15) is 4.79 Å². The summed E-state index contributed by atoms with van der Waals surface area (Å²) in [6, 6.07) is 9.30. The number of carbonyl (C=O) groups excluding carboxylic acids is 1. The van der Waals surface area contributed by atoms with Crippen molar-refractivity contribution in [2.24, 2.45) is 0 Å². The Kier molecular flexibility index (Phi) is 3.09. The highest BCUT2D eigenvalue weighted by molar-refractivity contribution is 6.03. The highest BCUT2D eigenvalue weighted by Gasteiger charge is 2.12. The van der Waals surface area contributed by atoms with Crippen LogP contribution in [0.15, 0.2) is 30.3 Å². The second kappa shape index (κ2) is 4.53. The first kappa shape index (κ1) is 11.6. The summed E-state index contributed by atoms with van der Waals surface area (Å²) in [5.74, 6) is -0.295. The number of fused-ring (bicyclic) bond motifs is 1. The van der Waals surface area contributed by atoms with Crippen LogP contribution < -0.4 is 0 Å². The average molecular weight is 229 g/mol. The first-order valence-electron chi connectivity index (χ1n) is 5.65. The predicted molar refractivity (Wildman–Crippen MR) is 67.0 cm³/mol. The molecular formula is C14H15NO2. The first-order chi connectivity index (χ1) is 8.08. The van der Waals surface area contributed by atoms with Gasteiger partial charge >= 0.3 is 5.97 Å². The van der Waals surface area contributed by atoms with Crippen LogP contribution in [0.5, 0.6) is 0 Å². The molecule has 3 heteroatoms. The van der Waals surface area contributed by atoms with Crippen LogP contribution in [0.1, 0.15) is 29.9 Å². The lowest BCUT2D eigenvalue weighted by molar-refractivity contribution is 0.0380. The third kappa shape index (κ3) is 2.44. The molecule has 1 aromatic carbocycles. The highest BCUT2D eigenvalue weighted by atomic mass is 16.5. The van der Waals surface area contributed by atoms with Crippen molar-refractivity contribution in [1.29, 1.82) is 0 Å². The maximum Gasteiger partial charge on any atom is 0.339 e. The molecule has 17 heavy (non-hydrogen) atoms. The molecule has 2 aromatic rings. The molecule has 3 nitrogen and oxygen atoms in total. The molecule has 0 aliphatic carbocycles. The van der Waals surface area contributed by atoms with Gasteiger partial charge in [-0.05, 0) is 39.0 Å². The van der Waals surface area contributed by atoms with Gasteiger partial charge < -0.3 is 4.74 Å². The van der Waals surface area contributed by atoms with E-state index in [2.05, 4.69) is 4.98 Å². The number of ether oxygens (including phenoxy) is 1. The molecule has 0 unspecified atom stereocenters. The predicted octanol–water partition coefficient (Wildman–Crippen LogP) is 3.11. The number of hydrogen-bond donors (Lipinski definition) is 0. The summed E-state index contributed by atoms with van der Waals surface area (Å²) in [5.41, 5.74) is 2.33. The Balaban J connectivity index is 2.51. The summed E-state index contributed by atoms with van der Waals surface area (Å²) >= 11 is 0. The average Bonchev–Trinajstić information content (AvgIpc) is 2.26. The van der Waals surface area contributed by atoms with Crippen molar-refractivity contribution in [2.45, 2.75) is 26.9 Å². The zero-order valence-corrected chi connectivity index (χ0v) is 10.2. The molecule has 0 atom stereocenters. The molecule has 0 fully saturated rings. The molecule has 2 rings (SSSR count). The SMILES string of the molecule is Cc1ccc2c(C(=O)OC(C)C)cccc2n1. The van der Waals surface area contributed by atoms with Crippen molar-refractivity contribution in [3.8, 4) is 0 Å². The van der Waals surface area contributed by atoms with Gasteiger partial charge in [0.25, 0.3) is 0 Å². The van der Waals surface area contributed by atoms with Crippen LogP contribution in [-0.2, 0) is 4.74 Å². The van der Waals surface area contributed by atoms with Crippen molar-refractivity contribution in [2.75, 3.05) is 0 Å². The zero-order chi connectivity index (χ0) is 12.4. The fraction of sp³-hybridized carbons (Fsp3) is 0.286. The minimum absolute atomic E-state index is 0.115. The minimum Gasteiger partial charge on any atom is -0.459 e. The summed E-state index contributed by atoms with van der Waals surface area (Å²) in [7, 11) is 0. The van der Waals surface area contributed by atoms with Gasteiger partial charge in [-0.15, -0.1) is 0 Å². The molecule has 0 spiro atoms. The number of aromatic nitrogens is 1. The Bertz CT molecular complexity index is 561. The molecule has 0 saturated carbocycles. The normalized spacial score (nSPS) is 10.8. The second-order valence-electron chi connectivity index (χ2n) is 4.28. The monoisotopic (exact) mass is 229 g/mol. The summed E-state index contributed by atoms with van der Waals surface area (Å²) in [6.07, 6.45) is -0.115. The van der Waals surface area contributed by atoms with E-state index in [1.54, 1.807) is 6.07 Å². The van der Waals surface area contributed by atoms with Gasteiger partial charge in [-0.1, -0.05) is 12.1 Å². The Labute approximate surface area is 100 Å². The number of benzene rings is 1. The number of aryl methyl sites for hydroxylation is 1. The standard InChI is InChI=1S/C14H15NO2/c1-9(2)17-14(16)12-5-4-6-13-11(12)8-7-10(3)15-13/h4-9H,1-3H3. The van der Waals surface area contributed by atoms with E-state index in [-0.39, 0.29) is 12.1 Å². The number of rotatable bonds is 2. The molecule has 0 aliphatic heterocycles. The van der Waals surface area contributed by atoms with Crippen LogP contribution in [0.4, 0.5) is 0 Å². The van der Waals surface area contributed by atoms with Gasteiger partial charge in [-0.25, -0.2) is 4.79 Å². The lowest BCUT2D eigenvalue weighted by Gasteiger charge is -2.09. The molecule has 0 N–H and O–H groups in total. The fourth-order valence-electron chi connectivity index (χ4n) is 1.71. The quantitative estimate of drug-likeness (QED) is 0.743. The van der Waals surface area contributed by atoms with Gasteiger partial charge in [0.1, 0.15) is 0 Å². The van der Waals surface area contributed by atoms with Crippen molar-refractivity contribution < 1.29 is 9.53 Å². The largest absolute Gasteiger partial charge is 0.459 e. The Hall–Kier alpha value is -1.90. The van der Waals surface area contributed by atoms with Gasteiger partial charge in [0.2, 0.25) is 0 Å². The van der Waals surface area contributed by atoms with Gasteiger partial charge in [0.15, 0.2) is 0 Å². The second-order valence-corrected chi connectivity index (χ2v) is 4.28. The lowest BCUT2D eigenvalue weighted by Crippen LogP contribution is -2.12. The van der Waals surface area contributed by atoms with E-state index in [0.717, 1.165) is 16.6 Å². The van der Waals surface area contributed by atoms with Crippen molar-refractivity contribution >= 4 is 16.9 Å². The Morgan fingerprint density at radius 2 is 2.00 bits per heavy atom.